The minimum atomic E-state index is -3.23. The van der Waals surface area contributed by atoms with Crippen LogP contribution < -0.4 is 4.74 Å². The first-order valence-electron chi connectivity index (χ1n) is 11.7. The summed E-state index contributed by atoms with van der Waals surface area (Å²) in [6.07, 6.45) is 5.35. The number of benzene rings is 1. The Bertz CT molecular complexity index is 719. The van der Waals surface area contributed by atoms with Gasteiger partial charge in [-0.05, 0) is 78.1 Å². The van der Waals surface area contributed by atoms with Crippen molar-refractivity contribution in [2.24, 2.45) is 5.92 Å². The largest absolute Gasteiger partial charge is 0.481 e. The van der Waals surface area contributed by atoms with E-state index >= 15 is 0 Å². The van der Waals surface area contributed by atoms with Crippen LogP contribution in [0, 0.1) is 5.92 Å². The van der Waals surface area contributed by atoms with Crippen LogP contribution in [0.5, 0.6) is 5.75 Å². The molecule has 7 heteroatoms. The zero-order chi connectivity index (χ0) is 24.4. The van der Waals surface area contributed by atoms with Gasteiger partial charge in [-0.25, -0.2) is 0 Å². The summed E-state index contributed by atoms with van der Waals surface area (Å²) in [6.45, 7) is 14.9. The highest BCUT2D eigenvalue weighted by molar-refractivity contribution is 7.53. The van der Waals surface area contributed by atoms with Gasteiger partial charge in [-0.15, -0.1) is 0 Å². The fourth-order valence-electron chi connectivity index (χ4n) is 3.51. The van der Waals surface area contributed by atoms with E-state index < -0.39 is 13.7 Å². The van der Waals surface area contributed by atoms with Crippen molar-refractivity contribution in [1.29, 1.82) is 0 Å². The van der Waals surface area contributed by atoms with Gasteiger partial charge in [0.15, 0.2) is 6.35 Å². The Hall–Kier alpha value is -1.17. The molecular formula is C25H44NO5P. The monoisotopic (exact) mass is 469 g/mol. The second kappa shape index (κ2) is 13.5. The number of aliphatic hydroxyl groups is 1. The van der Waals surface area contributed by atoms with Crippen LogP contribution in [0.3, 0.4) is 0 Å². The van der Waals surface area contributed by atoms with Crippen molar-refractivity contribution < 1.29 is 23.5 Å². The molecule has 3 atom stereocenters. The zero-order valence-corrected chi connectivity index (χ0v) is 22.1. The van der Waals surface area contributed by atoms with E-state index in [2.05, 4.69) is 52.6 Å². The van der Waals surface area contributed by atoms with E-state index in [1.54, 1.807) is 13.8 Å². The van der Waals surface area contributed by atoms with Crippen LogP contribution in [-0.2, 0) is 13.6 Å². The molecule has 0 radical (unpaired) electrons. The SMILES string of the molecule is CCOP(=O)(COc1ccc(/C=C/C[C@@H](C)[C@@H](O)C(CC)N(C)C(C)(C)C)cc1)OCC. The standard InChI is InChI=1S/C25H44NO5P/c1-9-23(26(8)25(5,6)7)24(27)20(4)13-12-14-21-15-17-22(18-16-21)29-19-32(28,30-10-2)31-11-3/h12,14-18,20,23-24,27H,9-11,13,19H2,1-8H3/b14-12+/t20-,23?,24-/m1/s1. The lowest BCUT2D eigenvalue weighted by Gasteiger charge is -2.42. The molecule has 0 amide bonds. The van der Waals surface area contributed by atoms with E-state index in [4.69, 9.17) is 13.8 Å². The van der Waals surface area contributed by atoms with Crippen LogP contribution >= 0.6 is 7.60 Å². The van der Waals surface area contributed by atoms with Gasteiger partial charge < -0.3 is 18.9 Å². The quantitative estimate of drug-likeness (QED) is 0.327. The first kappa shape index (κ1) is 28.9. The number of aliphatic hydroxyl groups excluding tert-OH is 1. The second-order valence-corrected chi connectivity index (χ2v) is 11.1. The van der Waals surface area contributed by atoms with E-state index in [0.29, 0.717) is 19.0 Å². The van der Waals surface area contributed by atoms with Gasteiger partial charge in [-0.3, -0.25) is 9.46 Å². The fraction of sp³-hybridized carbons (Fsp3) is 0.680. The molecule has 0 aliphatic rings. The van der Waals surface area contributed by atoms with Gasteiger partial charge in [0.1, 0.15) is 5.75 Å². The van der Waals surface area contributed by atoms with Gasteiger partial charge in [0.05, 0.1) is 19.3 Å². The number of nitrogens with zero attached hydrogens (tertiary/aromatic N) is 1. The Labute approximate surface area is 195 Å². The van der Waals surface area contributed by atoms with Gasteiger partial charge in [0.25, 0.3) is 0 Å². The molecule has 0 aromatic heterocycles. The zero-order valence-electron chi connectivity index (χ0n) is 21.2. The molecule has 184 valence electrons. The highest BCUT2D eigenvalue weighted by Gasteiger charge is 2.31. The van der Waals surface area contributed by atoms with Crippen LogP contribution in [0.1, 0.15) is 66.9 Å². The summed E-state index contributed by atoms with van der Waals surface area (Å²) in [5.74, 6) is 0.761. The number of allylic oxidation sites excluding steroid dienone is 1. The Morgan fingerprint density at radius 3 is 2.12 bits per heavy atom. The predicted octanol–water partition coefficient (Wildman–Crippen LogP) is 6.20. The molecule has 1 N–H and O–H groups in total. The molecule has 1 aromatic carbocycles. The molecule has 1 aromatic rings. The maximum absolute atomic E-state index is 12.5. The van der Waals surface area contributed by atoms with E-state index in [1.807, 2.05) is 30.3 Å². The molecule has 1 rings (SSSR count). The van der Waals surface area contributed by atoms with Crippen LogP contribution in [0.25, 0.3) is 6.08 Å². The number of hydrogen-bond acceptors (Lipinski definition) is 6. The van der Waals surface area contributed by atoms with Crippen molar-refractivity contribution in [3.63, 3.8) is 0 Å². The maximum atomic E-state index is 12.5. The third-order valence-electron chi connectivity index (χ3n) is 5.69. The minimum absolute atomic E-state index is 0.0140. The van der Waals surface area contributed by atoms with Crippen molar-refractivity contribution in [3.8, 4) is 5.75 Å². The summed E-state index contributed by atoms with van der Waals surface area (Å²) in [5, 5.41) is 10.9. The average molecular weight is 470 g/mol. The van der Waals surface area contributed by atoms with E-state index in [0.717, 1.165) is 18.4 Å². The van der Waals surface area contributed by atoms with Gasteiger partial charge in [-0.1, -0.05) is 38.1 Å². The van der Waals surface area contributed by atoms with Gasteiger partial charge in [0, 0.05) is 11.6 Å². The Kier molecular flexibility index (Phi) is 12.2. The van der Waals surface area contributed by atoms with Crippen molar-refractivity contribution in [2.75, 3.05) is 26.6 Å². The Morgan fingerprint density at radius 2 is 1.66 bits per heavy atom. The third kappa shape index (κ3) is 9.36. The molecule has 0 fully saturated rings. The molecule has 0 aliphatic heterocycles. The number of hydrogen-bond donors (Lipinski definition) is 1. The molecule has 0 saturated heterocycles. The molecule has 32 heavy (non-hydrogen) atoms. The van der Waals surface area contributed by atoms with Gasteiger partial charge in [-0.2, -0.15) is 0 Å². The van der Waals surface area contributed by atoms with Crippen LogP contribution in [-0.4, -0.2) is 54.3 Å². The third-order valence-corrected chi connectivity index (χ3v) is 7.44. The van der Waals surface area contributed by atoms with Crippen molar-refractivity contribution in [2.45, 2.75) is 79.0 Å². The predicted molar refractivity (Wildman–Crippen MR) is 133 cm³/mol. The van der Waals surface area contributed by atoms with Crippen molar-refractivity contribution in [1.82, 2.24) is 4.90 Å². The number of likely N-dealkylation sites (N-methyl/N-ethyl adjacent to an activating group) is 1. The first-order valence-corrected chi connectivity index (χ1v) is 13.4. The van der Waals surface area contributed by atoms with Gasteiger partial charge >= 0.3 is 7.60 Å². The lowest BCUT2D eigenvalue weighted by molar-refractivity contribution is -0.0109. The van der Waals surface area contributed by atoms with E-state index in [1.165, 1.54) is 0 Å². The highest BCUT2D eigenvalue weighted by atomic mass is 31.2. The maximum Gasteiger partial charge on any atom is 0.367 e. The fourth-order valence-corrected chi connectivity index (χ4v) is 4.83. The van der Waals surface area contributed by atoms with Crippen LogP contribution in [0.15, 0.2) is 30.3 Å². The summed E-state index contributed by atoms with van der Waals surface area (Å²) in [7, 11) is -1.14. The van der Waals surface area contributed by atoms with Gasteiger partial charge in [0.2, 0.25) is 0 Å². The highest BCUT2D eigenvalue weighted by Crippen LogP contribution is 2.47. The Morgan fingerprint density at radius 1 is 1.09 bits per heavy atom. The Balaban J connectivity index is 2.64. The van der Waals surface area contributed by atoms with E-state index in [-0.39, 0.29) is 23.8 Å². The average Bonchev–Trinajstić information content (AvgIpc) is 2.73. The molecule has 0 heterocycles. The summed E-state index contributed by atoms with van der Waals surface area (Å²) in [6, 6.07) is 7.69. The molecule has 6 nitrogen and oxygen atoms in total. The minimum Gasteiger partial charge on any atom is -0.481 e. The molecule has 0 aliphatic carbocycles. The molecular weight excluding hydrogens is 425 g/mol. The molecule has 0 spiro atoms. The second-order valence-electron chi connectivity index (χ2n) is 9.15. The van der Waals surface area contributed by atoms with Crippen LogP contribution in [0.4, 0.5) is 0 Å². The summed E-state index contributed by atoms with van der Waals surface area (Å²) >= 11 is 0. The van der Waals surface area contributed by atoms with E-state index in [9.17, 15) is 9.67 Å². The summed E-state index contributed by atoms with van der Waals surface area (Å²) in [5.41, 5.74) is 1.05. The lowest BCUT2D eigenvalue weighted by Crippen LogP contribution is -2.51. The molecule has 0 saturated carbocycles. The smallest absolute Gasteiger partial charge is 0.367 e. The topological polar surface area (TPSA) is 68.2 Å². The summed E-state index contributed by atoms with van der Waals surface area (Å²) in [4.78, 5) is 2.27. The number of rotatable bonds is 14. The molecule has 1 unspecified atom stereocenters. The lowest BCUT2D eigenvalue weighted by atomic mass is 9.90. The first-order chi connectivity index (χ1) is 15.0. The molecule has 0 bridgehead atoms. The van der Waals surface area contributed by atoms with Crippen molar-refractivity contribution in [3.05, 3.63) is 35.9 Å². The normalized spacial score (nSPS) is 15.8. The number of ether oxygens (including phenoxy) is 1. The van der Waals surface area contributed by atoms with Crippen LogP contribution in [0.2, 0.25) is 0 Å². The summed E-state index contributed by atoms with van der Waals surface area (Å²) < 4.78 is 28.6. The van der Waals surface area contributed by atoms with Crippen molar-refractivity contribution >= 4 is 13.7 Å².